The van der Waals surface area contributed by atoms with Crippen LogP contribution >= 0.6 is 22.9 Å². The maximum atomic E-state index is 10.1. The highest BCUT2D eigenvalue weighted by Gasteiger charge is 2.12. The number of hydrogen-bond donors (Lipinski definition) is 1. The van der Waals surface area contributed by atoms with Gasteiger partial charge < -0.3 is 5.32 Å². The van der Waals surface area contributed by atoms with Crippen molar-refractivity contribution in [3.63, 3.8) is 0 Å². The molecule has 1 aromatic rings. The molecule has 5 heteroatoms. The van der Waals surface area contributed by atoms with E-state index < -0.39 is 0 Å². The Labute approximate surface area is 78.6 Å². The van der Waals surface area contributed by atoms with Crippen LogP contribution in [-0.4, -0.2) is 6.41 Å². The van der Waals surface area contributed by atoms with E-state index in [-0.39, 0.29) is 0 Å². The molecule has 0 aromatic carbocycles. The number of nitrogens with one attached hydrogen (secondary N) is 1. The summed E-state index contributed by atoms with van der Waals surface area (Å²) in [6.07, 6.45) is 0.530. The van der Waals surface area contributed by atoms with E-state index in [9.17, 15) is 4.79 Å². The Morgan fingerprint density at radius 3 is 2.92 bits per heavy atom. The Morgan fingerprint density at radius 1 is 1.75 bits per heavy atom. The van der Waals surface area contributed by atoms with E-state index >= 15 is 0 Å². The molecule has 0 bridgehead atoms. The van der Waals surface area contributed by atoms with Gasteiger partial charge >= 0.3 is 0 Å². The van der Waals surface area contributed by atoms with E-state index in [4.69, 9.17) is 16.9 Å². The Balaban J connectivity index is 3.21. The molecule has 0 unspecified atom stereocenters. The van der Waals surface area contributed by atoms with Gasteiger partial charge in [-0.15, -0.1) is 11.3 Å². The molecule has 0 radical (unpaired) electrons. The Bertz CT molecular complexity index is 353. The summed E-state index contributed by atoms with van der Waals surface area (Å²) in [7, 11) is 0. The average Bonchev–Trinajstić information content (AvgIpc) is 2.29. The van der Waals surface area contributed by atoms with Gasteiger partial charge in [0, 0.05) is 4.88 Å². The summed E-state index contributed by atoms with van der Waals surface area (Å²) < 4.78 is 0. The smallest absolute Gasteiger partial charge is 0.212 e. The second kappa shape index (κ2) is 3.57. The number of hydrogen-bond acceptors (Lipinski definition) is 3. The second-order valence-corrected chi connectivity index (χ2v) is 3.65. The van der Waals surface area contributed by atoms with Gasteiger partial charge in [-0.25, -0.2) is 0 Å². The quantitative estimate of drug-likeness (QED) is 0.744. The molecule has 0 aliphatic heterocycles. The number of halogens is 1. The lowest BCUT2D eigenvalue weighted by Gasteiger charge is -1.90. The number of carbonyl (C=O) groups is 1. The van der Waals surface area contributed by atoms with Gasteiger partial charge in [-0.05, 0) is 6.92 Å². The predicted molar refractivity (Wildman–Crippen MR) is 48.5 cm³/mol. The molecule has 12 heavy (non-hydrogen) atoms. The zero-order valence-corrected chi connectivity index (χ0v) is 7.79. The van der Waals surface area contributed by atoms with Crippen molar-refractivity contribution in [2.24, 2.45) is 0 Å². The molecule has 1 amide bonds. The van der Waals surface area contributed by atoms with Crippen LogP contribution in [0.3, 0.4) is 0 Å². The SMILES string of the molecule is Cc1sc(NC=O)c(C#N)c1Cl. The van der Waals surface area contributed by atoms with Crippen LogP contribution in [0.15, 0.2) is 0 Å². The van der Waals surface area contributed by atoms with Crippen molar-refractivity contribution in [1.29, 1.82) is 5.26 Å². The first kappa shape index (κ1) is 9.04. The van der Waals surface area contributed by atoms with Gasteiger partial charge in [0.1, 0.15) is 16.6 Å². The van der Waals surface area contributed by atoms with Crippen LogP contribution in [0.5, 0.6) is 0 Å². The number of rotatable bonds is 2. The van der Waals surface area contributed by atoms with E-state index in [1.165, 1.54) is 11.3 Å². The number of thiophene rings is 1. The lowest BCUT2D eigenvalue weighted by molar-refractivity contribution is -0.105. The normalized spacial score (nSPS) is 9.08. The van der Waals surface area contributed by atoms with Crippen LogP contribution in [0.4, 0.5) is 5.00 Å². The largest absolute Gasteiger partial charge is 0.319 e. The molecule has 62 valence electrons. The van der Waals surface area contributed by atoms with Crippen LogP contribution < -0.4 is 5.32 Å². The zero-order valence-electron chi connectivity index (χ0n) is 6.22. The molecule has 1 N–H and O–H groups in total. The Hall–Kier alpha value is -1.05. The van der Waals surface area contributed by atoms with Gasteiger partial charge in [0.15, 0.2) is 0 Å². The summed E-state index contributed by atoms with van der Waals surface area (Å²) >= 11 is 7.08. The molecule has 0 aliphatic rings. The monoisotopic (exact) mass is 200 g/mol. The highest BCUT2D eigenvalue weighted by molar-refractivity contribution is 7.17. The van der Waals surface area contributed by atoms with E-state index in [2.05, 4.69) is 5.32 Å². The molecule has 0 fully saturated rings. The number of nitrogens with zero attached hydrogens (tertiary/aromatic N) is 1. The summed E-state index contributed by atoms with van der Waals surface area (Å²) in [6.45, 7) is 1.80. The summed E-state index contributed by atoms with van der Waals surface area (Å²) in [6, 6.07) is 1.93. The van der Waals surface area contributed by atoms with Crippen LogP contribution in [0.1, 0.15) is 10.4 Å². The molecule has 1 aromatic heterocycles. The van der Waals surface area contributed by atoms with Crippen LogP contribution in [0.2, 0.25) is 5.02 Å². The lowest BCUT2D eigenvalue weighted by Crippen LogP contribution is -1.92. The molecule has 0 saturated carbocycles. The van der Waals surface area contributed by atoms with Gasteiger partial charge in [0.25, 0.3) is 0 Å². The number of anilines is 1. The van der Waals surface area contributed by atoms with Gasteiger partial charge in [0.2, 0.25) is 6.41 Å². The molecule has 0 aliphatic carbocycles. The standard InChI is InChI=1S/C7H5ClN2OS/c1-4-6(8)5(2-9)7(12-4)10-3-11/h3H,1H3,(H,10,11). The maximum Gasteiger partial charge on any atom is 0.212 e. The molecule has 1 rings (SSSR count). The Morgan fingerprint density at radius 2 is 2.42 bits per heavy atom. The third-order valence-electron chi connectivity index (χ3n) is 1.31. The second-order valence-electron chi connectivity index (χ2n) is 2.05. The van der Waals surface area contributed by atoms with Crippen molar-refractivity contribution >= 4 is 34.3 Å². The molecule has 3 nitrogen and oxygen atoms in total. The first-order valence-electron chi connectivity index (χ1n) is 3.10. The summed E-state index contributed by atoms with van der Waals surface area (Å²) in [5.74, 6) is 0. The van der Waals surface area contributed by atoms with Crippen molar-refractivity contribution in [1.82, 2.24) is 0 Å². The fourth-order valence-corrected chi connectivity index (χ4v) is 1.94. The van der Waals surface area contributed by atoms with Crippen LogP contribution in [0.25, 0.3) is 0 Å². The van der Waals surface area contributed by atoms with E-state index in [1.54, 1.807) is 6.92 Å². The lowest BCUT2D eigenvalue weighted by atomic mass is 10.3. The number of amides is 1. The van der Waals surface area contributed by atoms with E-state index in [0.29, 0.717) is 22.0 Å². The minimum atomic E-state index is 0.339. The molecule has 1 heterocycles. The van der Waals surface area contributed by atoms with Crippen LogP contribution in [0, 0.1) is 18.3 Å². The Kier molecular flexibility index (Phi) is 2.69. The number of carbonyl (C=O) groups excluding carboxylic acids is 1. The van der Waals surface area contributed by atoms with Gasteiger partial charge in [-0.3, -0.25) is 4.79 Å². The van der Waals surface area contributed by atoms with Crippen molar-refractivity contribution in [2.45, 2.75) is 6.92 Å². The third kappa shape index (κ3) is 1.42. The van der Waals surface area contributed by atoms with Gasteiger partial charge in [0.05, 0.1) is 5.02 Å². The topological polar surface area (TPSA) is 52.9 Å². The summed E-state index contributed by atoms with van der Waals surface area (Å²) in [5, 5.41) is 12.0. The number of aryl methyl sites for hydroxylation is 1. The van der Waals surface area contributed by atoms with Crippen molar-refractivity contribution in [3.8, 4) is 6.07 Å². The van der Waals surface area contributed by atoms with E-state index in [0.717, 1.165) is 4.88 Å². The average molecular weight is 201 g/mol. The molecular formula is C7H5ClN2OS. The van der Waals surface area contributed by atoms with Crippen molar-refractivity contribution < 1.29 is 4.79 Å². The highest BCUT2D eigenvalue weighted by Crippen LogP contribution is 2.35. The minimum Gasteiger partial charge on any atom is -0.319 e. The maximum absolute atomic E-state index is 10.1. The number of nitriles is 1. The molecule has 0 saturated heterocycles. The first-order chi connectivity index (χ1) is 5.70. The van der Waals surface area contributed by atoms with Crippen molar-refractivity contribution in [3.05, 3.63) is 15.5 Å². The zero-order chi connectivity index (χ0) is 9.14. The van der Waals surface area contributed by atoms with Gasteiger partial charge in [-0.1, -0.05) is 11.6 Å². The van der Waals surface area contributed by atoms with E-state index in [1.807, 2.05) is 6.07 Å². The third-order valence-corrected chi connectivity index (χ3v) is 2.93. The summed E-state index contributed by atoms with van der Waals surface area (Å²) in [4.78, 5) is 10.9. The van der Waals surface area contributed by atoms with Crippen LogP contribution in [-0.2, 0) is 4.79 Å². The fraction of sp³-hybridized carbons (Fsp3) is 0.143. The highest BCUT2D eigenvalue weighted by atomic mass is 35.5. The summed E-state index contributed by atoms with van der Waals surface area (Å²) in [5.41, 5.74) is 0.339. The first-order valence-corrected chi connectivity index (χ1v) is 4.29. The molecule has 0 atom stereocenters. The molecular weight excluding hydrogens is 196 g/mol. The molecule has 0 spiro atoms. The van der Waals surface area contributed by atoms with Crippen molar-refractivity contribution in [2.75, 3.05) is 5.32 Å². The fourth-order valence-electron chi connectivity index (χ4n) is 0.780. The van der Waals surface area contributed by atoms with Gasteiger partial charge in [-0.2, -0.15) is 5.26 Å². The predicted octanol–water partition coefficient (Wildman–Crippen LogP) is 2.15. The minimum absolute atomic E-state index is 0.339.